The smallest absolute Gasteiger partial charge is 0.330 e. The maximum absolute atomic E-state index is 11.7. The highest BCUT2D eigenvalue weighted by atomic mass is 32.2. The van der Waals surface area contributed by atoms with Crippen LogP contribution in [0.15, 0.2) is 49.6 Å². The first-order valence-corrected chi connectivity index (χ1v) is 17.4. The number of benzene rings is 1. The predicted octanol–water partition coefficient (Wildman–Crippen LogP) is 4.91. The standard InChI is InChI=1S/C28H38O8S4/c1-4-26(29)35-20(3)28(34-15-25-17-38-19-40-25)33-11-22-8-6-21(7-9-22)10-31-12-23(36-27(30)5-2)13-32-14-24-16-37-18-39-24/h4-9,20,23-25,28H,1-2,10-19H2,3H3. The molecule has 1 aromatic rings. The molecule has 2 aliphatic heterocycles. The van der Waals surface area contributed by atoms with Crippen molar-refractivity contribution >= 4 is 59.0 Å². The van der Waals surface area contributed by atoms with Crippen LogP contribution >= 0.6 is 47.0 Å². The van der Waals surface area contributed by atoms with Crippen LogP contribution in [-0.4, -0.2) is 89.0 Å². The lowest BCUT2D eigenvalue weighted by atomic mass is 10.1. The van der Waals surface area contributed by atoms with E-state index in [0.29, 0.717) is 36.9 Å². The zero-order valence-electron chi connectivity index (χ0n) is 22.7. The number of thioether (sulfide) groups is 4. The SMILES string of the molecule is C=CC(=O)OC(COCc1ccc(COC(OCC2CSCS2)C(C)OC(=O)C=C)cc1)COCC1CSCS1. The molecule has 0 amide bonds. The van der Waals surface area contributed by atoms with Gasteiger partial charge in [-0.1, -0.05) is 37.4 Å². The first-order valence-electron chi connectivity index (χ1n) is 13.0. The number of carbonyl (C=O) groups is 2. The van der Waals surface area contributed by atoms with Crippen LogP contribution in [0, 0.1) is 0 Å². The number of hydrogen-bond donors (Lipinski definition) is 0. The van der Waals surface area contributed by atoms with Crippen molar-refractivity contribution < 1.29 is 38.0 Å². The zero-order valence-corrected chi connectivity index (χ0v) is 26.0. The molecule has 1 aromatic carbocycles. The molecule has 0 aliphatic carbocycles. The van der Waals surface area contributed by atoms with Gasteiger partial charge in [0.1, 0.15) is 6.10 Å². The van der Waals surface area contributed by atoms with Crippen LogP contribution in [0.3, 0.4) is 0 Å². The summed E-state index contributed by atoms with van der Waals surface area (Å²) in [6, 6.07) is 7.82. The monoisotopic (exact) mass is 630 g/mol. The molecule has 12 heteroatoms. The molecule has 0 saturated carbocycles. The van der Waals surface area contributed by atoms with Gasteiger partial charge in [0.15, 0.2) is 12.4 Å². The van der Waals surface area contributed by atoms with Gasteiger partial charge in [0.25, 0.3) is 0 Å². The molecule has 5 atom stereocenters. The fourth-order valence-corrected chi connectivity index (χ4v) is 9.13. The molecular weight excluding hydrogens is 593 g/mol. The van der Waals surface area contributed by atoms with Crippen molar-refractivity contribution in [2.45, 2.75) is 49.1 Å². The number of rotatable bonds is 19. The molecule has 0 spiro atoms. The molecule has 8 nitrogen and oxygen atoms in total. The summed E-state index contributed by atoms with van der Waals surface area (Å²) in [4.78, 5) is 23.4. The Kier molecular flexibility index (Phi) is 16.0. The van der Waals surface area contributed by atoms with Crippen molar-refractivity contribution in [3.63, 3.8) is 0 Å². The summed E-state index contributed by atoms with van der Waals surface area (Å²) in [5.74, 6) is 1.10. The minimum absolute atomic E-state index is 0.217. The lowest BCUT2D eigenvalue weighted by Gasteiger charge is -2.25. The van der Waals surface area contributed by atoms with Crippen LogP contribution < -0.4 is 0 Å². The summed E-state index contributed by atoms with van der Waals surface area (Å²) in [5, 5.41) is 3.02. The highest BCUT2D eigenvalue weighted by Gasteiger charge is 2.25. The van der Waals surface area contributed by atoms with Gasteiger partial charge >= 0.3 is 11.9 Å². The second-order valence-electron chi connectivity index (χ2n) is 9.05. The number of carbonyl (C=O) groups excluding carboxylic acids is 2. The van der Waals surface area contributed by atoms with Gasteiger partial charge in [-0.25, -0.2) is 9.59 Å². The van der Waals surface area contributed by atoms with E-state index in [4.69, 9.17) is 28.4 Å². The topological polar surface area (TPSA) is 89.5 Å². The van der Waals surface area contributed by atoms with Crippen LogP contribution in [0.2, 0.25) is 0 Å². The molecule has 222 valence electrons. The Morgan fingerprint density at radius 3 is 2.02 bits per heavy atom. The number of ether oxygens (including phenoxy) is 6. The highest BCUT2D eigenvalue weighted by molar-refractivity contribution is 8.19. The number of hydrogen-bond acceptors (Lipinski definition) is 12. The molecule has 5 unspecified atom stereocenters. The molecule has 0 bridgehead atoms. The fourth-order valence-electron chi connectivity index (χ4n) is 3.62. The van der Waals surface area contributed by atoms with Crippen molar-refractivity contribution in [1.29, 1.82) is 0 Å². The third-order valence-corrected chi connectivity index (χ3v) is 11.4. The summed E-state index contributed by atoms with van der Waals surface area (Å²) >= 11 is 7.54. The van der Waals surface area contributed by atoms with E-state index in [1.165, 1.54) is 0 Å². The van der Waals surface area contributed by atoms with E-state index in [9.17, 15) is 9.59 Å². The van der Waals surface area contributed by atoms with Crippen LogP contribution in [0.4, 0.5) is 0 Å². The van der Waals surface area contributed by atoms with Crippen LogP contribution in [0.1, 0.15) is 18.1 Å². The molecule has 0 radical (unpaired) electrons. The Morgan fingerprint density at radius 2 is 1.43 bits per heavy atom. The molecule has 3 rings (SSSR count). The lowest BCUT2D eigenvalue weighted by molar-refractivity contribution is -0.207. The molecule has 2 fully saturated rings. The summed E-state index contributed by atoms with van der Waals surface area (Å²) in [5.41, 5.74) is 1.91. The largest absolute Gasteiger partial charge is 0.454 e. The van der Waals surface area contributed by atoms with Gasteiger partial charge in [-0.3, -0.25) is 0 Å². The van der Waals surface area contributed by atoms with Gasteiger partial charge in [0.2, 0.25) is 0 Å². The summed E-state index contributed by atoms with van der Waals surface area (Å²) in [7, 11) is 0. The van der Waals surface area contributed by atoms with Gasteiger partial charge in [-0.05, 0) is 18.1 Å². The first-order chi connectivity index (χ1) is 19.5. The van der Waals surface area contributed by atoms with E-state index in [0.717, 1.165) is 45.0 Å². The molecule has 2 saturated heterocycles. The third kappa shape index (κ3) is 12.8. The summed E-state index contributed by atoms with van der Waals surface area (Å²) in [6.45, 7) is 11.0. The predicted molar refractivity (Wildman–Crippen MR) is 165 cm³/mol. The Morgan fingerprint density at radius 1 is 0.850 bits per heavy atom. The van der Waals surface area contributed by atoms with E-state index in [1.807, 2.05) is 71.3 Å². The molecular formula is C28H38O8S4. The van der Waals surface area contributed by atoms with Gasteiger partial charge in [0.05, 0.1) is 39.6 Å². The quantitative estimate of drug-likeness (QED) is 0.118. The van der Waals surface area contributed by atoms with Crippen LogP contribution in [0.5, 0.6) is 0 Å². The maximum atomic E-state index is 11.7. The van der Waals surface area contributed by atoms with Crippen molar-refractivity contribution in [3.05, 3.63) is 60.7 Å². The van der Waals surface area contributed by atoms with Gasteiger partial charge in [0, 0.05) is 44.3 Å². The number of esters is 2. The van der Waals surface area contributed by atoms with Crippen LogP contribution in [-0.2, 0) is 51.2 Å². The van der Waals surface area contributed by atoms with Gasteiger partial charge < -0.3 is 28.4 Å². The van der Waals surface area contributed by atoms with Gasteiger partial charge in [-0.2, -0.15) is 0 Å². The van der Waals surface area contributed by atoms with E-state index >= 15 is 0 Å². The second kappa shape index (κ2) is 19.1. The Bertz CT molecular complexity index is 919. The Hall–Kier alpha value is -1.12. The minimum atomic E-state index is -0.693. The lowest BCUT2D eigenvalue weighted by Crippen LogP contribution is -2.35. The Labute approximate surface area is 254 Å². The van der Waals surface area contributed by atoms with E-state index in [1.54, 1.807) is 6.92 Å². The molecule has 40 heavy (non-hydrogen) atoms. The first kappa shape index (κ1) is 33.4. The summed E-state index contributed by atoms with van der Waals surface area (Å²) < 4.78 is 34.4. The molecule has 2 heterocycles. The highest BCUT2D eigenvalue weighted by Crippen LogP contribution is 2.30. The van der Waals surface area contributed by atoms with Crippen LogP contribution in [0.25, 0.3) is 0 Å². The molecule has 2 aliphatic rings. The zero-order chi connectivity index (χ0) is 28.6. The normalized spacial score (nSPS) is 20.9. The fraction of sp³-hybridized carbons (Fsp3) is 0.571. The maximum Gasteiger partial charge on any atom is 0.330 e. The summed E-state index contributed by atoms with van der Waals surface area (Å²) in [6.07, 6.45) is 0.490. The third-order valence-electron chi connectivity index (χ3n) is 5.75. The molecule has 0 aromatic heterocycles. The minimum Gasteiger partial charge on any atom is -0.454 e. The van der Waals surface area contributed by atoms with Gasteiger partial charge in [-0.15, -0.1) is 47.0 Å². The van der Waals surface area contributed by atoms with Crippen molar-refractivity contribution in [2.24, 2.45) is 0 Å². The van der Waals surface area contributed by atoms with Crippen molar-refractivity contribution in [3.8, 4) is 0 Å². The van der Waals surface area contributed by atoms with E-state index in [-0.39, 0.29) is 13.2 Å². The second-order valence-corrected chi connectivity index (χ2v) is 14.4. The van der Waals surface area contributed by atoms with E-state index in [2.05, 4.69) is 13.2 Å². The van der Waals surface area contributed by atoms with Crippen molar-refractivity contribution in [2.75, 3.05) is 48.1 Å². The average molecular weight is 631 g/mol. The Balaban J connectivity index is 1.43. The average Bonchev–Trinajstić information content (AvgIpc) is 3.68. The molecule has 0 N–H and O–H groups in total. The van der Waals surface area contributed by atoms with E-state index < -0.39 is 30.4 Å². The van der Waals surface area contributed by atoms with Crippen molar-refractivity contribution in [1.82, 2.24) is 0 Å².